The van der Waals surface area contributed by atoms with Gasteiger partial charge in [-0.2, -0.15) is 4.39 Å². The van der Waals surface area contributed by atoms with E-state index in [1.165, 1.54) is 6.07 Å². The third kappa shape index (κ3) is 2.97. The molecule has 0 atom stereocenters. The van der Waals surface area contributed by atoms with E-state index >= 15 is 0 Å². The van der Waals surface area contributed by atoms with Crippen LogP contribution < -0.4 is 10.9 Å². The first kappa shape index (κ1) is 12.6. The molecule has 8 heteroatoms. The van der Waals surface area contributed by atoms with Crippen LogP contribution >= 0.6 is 0 Å². The molecule has 0 saturated carbocycles. The lowest BCUT2D eigenvalue weighted by Gasteiger charge is -2.05. The highest BCUT2D eigenvalue weighted by Gasteiger charge is 2.21. The molecule has 90 valence electrons. The van der Waals surface area contributed by atoms with Gasteiger partial charge < -0.3 is 0 Å². The van der Waals surface area contributed by atoms with Crippen LogP contribution in [0.25, 0.3) is 0 Å². The number of hydrazine groups is 1. The highest BCUT2D eigenvalue weighted by atomic mass is 19.1. The summed E-state index contributed by atoms with van der Waals surface area (Å²) in [6.07, 6.45) is 0. The molecule has 0 bridgehead atoms. The van der Waals surface area contributed by atoms with Gasteiger partial charge >= 0.3 is 5.69 Å². The monoisotopic (exact) mass is 241 g/mol. The van der Waals surface area contributed by atoms with Crippen LogP contribution in [0.5, 0.6) is 0 Å². The van der Waals surface area contributed by atoms with Gasteiger partial charge in [-0.25, -0.2) is 0 Å². The Hall–Kier alpha value is -2.51. The fourth-order valence-electron chi connectivity index (χ4n) is 1.05. The average molecular weight is 241 g/mol. The van der Waals surface area contributed by atoms with Crippen molar-refractivity contribution in [2.45, 2.75) is 6.92 Å². The van der Waals surface area contributed by atoms with Crippen molar-refractivity contribution in [3.05, 3.63) is 39.7 Å². The number of amides is 2. The molecular formula is C9H8FN3O4. The number of carbonyl (C=O) groups is 2. The van der Waals surface area contributed by atoms with Gasteiger partial charge in [0.05, 0.1) is 10.5 Å². The molecule has 0 radical (unpaired) electrons. The van der Waals surface area contributed by atoms with Gasteiger partial charge in [-0.3, -0.25) is 30.6 Å². The third-order valence-electron chi connectivity index (χ3n) is 1.77. The van der Waals surface area contributed by atoms with Crippen molar-refractivity contribution in [3.63, 3.8) is 0 Å². The maximum atomic E-state index is 13.5. The highest BCUT2D eigenvalue weighted by Crippen LogP contribution is 2.19. The fraction of sp³-hybridized carbons (Fsp3) is 0.111. The summed E-state index contributed by atoms with van der Waals surface area (Å²) in [6, 6.07) is 3.17. The molecular weight excluding hydrogens is 233 g/mol. The van der Waals surface area contributed by atoms with Crippen molar-refractivity contribution < 1.29 is 18.9 Å². The van der Waals surface area contributed by atoms with Crippen LogP contribution in [-0.4, -0.2) is 16.7 Å². The first-order valence-corrected chi connectivity index (χ1v) is 4.43. The van der Waals surface area contributed by atoms with Crippen molar-refractivity contribution in [2.75, 3.05) is 0 Å². The maximum Gasteiger partial charge on any atom is 0.305 e. The fourth-order valence-corrected chi connectivity index (χ4v) is 1.05. The van der Waals surface area contributed by atoms with Gasteiger partial charge in [0.15, 0.2) is 0 Å². The van der Waals surface area contributed by atoms with Gasteiger partial charge in [-0.05, 0) is 6.07 Å². The number of nitrogens with zero attached hydrogens (tertiary/aromatic N) is 1. The summed E-state index contributed by atoms with van der Waals surface area (Å²) < 4.78 is 13.5. The summed E-state index contributed by atoms with van der Waals surface area (Å²) in [5.41, 5.74) is 2.52. The number of nitrogens with one attached hydrogen (secondary N) is 2. The van der Waals surface area contributed by atoms with Crippen LogP contribution in [0.3, 0.4) is 0 Å². The number of nitro groups is 1. The van der Waals surface area contributed by atoms with Crippen LogP contribution in [0.4, 0.5) is 10.1 Å². The number of halogens is 1. The van der Waals surface area contributed by atoms with Crippen molar-refractivity contribution in [2.24, 2.45) is 0 Å². The molecule has 7 nitrogen and oxygen atoms in total. The van der Waals surface area contributed by atoms with Gasteiger partial charge in [0.2, 0.25) is 11.7 Å². The van der Waals surface area contributed by atoms with Crippen LogP contribution in [-0.2, 0) is 4.79 Å². The van der Waals surface area contributed by atoms with Crippen molar-refractivity contribution in [1.29, 1.82) is 0 Å². The minimum Gasteiger partial charge on any atom is -0.274 e. The molecule has 0 unspecified atom stereocenters. The van der Waals surface area contributed by atoms with Crippen molar-refractivity contribution in [3.8, 4) is 0 Å². The van der Waals surface area contributed by atoms with E-state index in [-0.39, 0.29) is 0 Å². The molecule has 0 aliphatic rings. The second kappa shape index (κ2) is 5.01. The van der Waals surface area contributed by atoms with Gasteiger partial charge in [-0.15, -0.1) is 0 Å². The molecule has 0 aromatic heterocycles. The van der Waals surface area contributed by atoms with E-state index < -0.39 is 33.8 Å². The highest BCUT2D eigenvalue weighted by molar-refractivity contribution is 5.96. The maximum absolute atomic E-state index is 13.5. The van der Waals surface area contributed by atoms with E-state index in [1.54, 1.807) is 0 Å². The molecule has 1 aromatic rings. The van der Waals surface area contributed by atoms with E-state index in [0.717, 1.165) is 19.1 Å². The largest absolute Gasteiger partial charge is 0.305 e. The Bertz CT molecular complexity index is 489. The average Bonchev–Trinajstić information content (AvgIpc) is 2.25. The summed E-state index contributed by atoms with van der Waals surface area (Å²) in [5, 5.41) is 10.4. The minimum atomic E-state index is -1.25. The van der Waals surface area contributed by atoms with Crippen LogP contribution in [0.1, 0.15) is 17.3 Å². The van der Waals surface area contributed by atoms with Crippen molar-refractivity contribution in [1.82, 2.24) is 10.9 Å². The molecule has 1 rings (SSSR count). The zero-order chi connectivity index (χ0) is 13.0. The Kier molecular flexibility index (Phi) is 3.70. The summed E-state index contributed by atoms with van der Waals surface area (Å²) in [4.78, 5) is 31.4. The Balaban J connectivity index is 2.98. The SMILES string of the molecule is CC(=O)NNC(=O)c1cccc([N+](=O)[O-])c1F. The Morgan fingerprint density at radius 2 is 2.00 bits per heavy atom. The molecule has 0 aliphatic carbocycles. The van der Waals surface area contributed by atoms with Gasteiger partial charge in [0.1, 0.15) is 0 Å². The number of hydrogen-bond acceptors (Lipinski definition) is 4. The lowest BCUT2D eigenvalue weighted by Crippen LogP contribution is -2.40. The predicted octanol–water partition coefficient (Wildman–Crippen LogP) is 0.515. The quantitative estimate of drug-likeness (QED) is 0.581. The summed E-state index contributed by atoms with van der Waals surface area (Å²) in [7, 11) is 0. The number of carbonyl (C=O) groups excluding carboxylic acids is 2. The van der Waals surface area contributed by atoms with E-state index in [0.29, 0.717) is 0 Å². The second-order valence-electron chi connectivity index (χ2n) is 3.03. The van der Waals surface area contributed by atoms with Crippen molar-refractivity contribution >= 4 is 17.5 Å². The summed E-state index contributed by atoms with van der Waals surface area (Å²) >= 11 is 0. The third-order valence-corrected chi connectivity index (χ3v) is 1.77. The van der Waals surface area contributed by atoms with E-state index in [9.17, 15) is 24.1 Å². The molecule has 0 fully saturated rings. The van der Waals surface area contributed by atoms with E-state index in [4.69, 9.17) is 0 Å². The van der Waals surface area contributed by atoms with Crippen LogP contribution in [0, 0.1) is 15.9 Å². The minimum absolute atomic E-state index is 0.520. The molecule has 0 aliphatic heterocycles. The Morgan fingerprint density at radius 3 is 2.53 bits per heavy atom. The summed E-state index contributed by atoms with van der Waals surface area (Å²) in [5.74, 6) is -2.77. The van der Waals surface area contributed by atoms with Crippen LogP contribution in [0.15, 0.2) is 18.2 Å². The van der Waals surface area contributed by atoms with E-state index in [1.807, 2.05) is 10.9 Å². The summed E-state index contributed by atoms with van der Waals surface area (Å²) in [6.45, 7) is 1.14. The lowest BCUT2D eigenvalue weighted by molar-refractivity contribution is -0.387. The molecule has 1 aromatic carbocycles. The van der Waals surface area contributed by atoms with Gasteiger partial charge in [0.25, 0.3) is 5.91 Å². The Morgan fingerprint density at radius 1 is 1.35 bits per heavy atom. The first-order chi connectivity index (χ1) is 7.93. The first-order valence-electron chi connectivity index (χ1n) is 4.43. The lowest BCUT2D eigenvalue weighted by atomic mass is 10.2. The van der Waals surface area contributed by atoms with Gasteiger partial charge in [-0.1, -0.05) is 6.07 Å². The second-order valence-corrected chi connectivity index (χ2v) is 3.03. The number of hydrogen-bond donors (Lipinski definition) is 2. The Labute approximate surface area is 94.7 Å². The molecule has 2 N–H and O–H groups in total. The van der Waals surface area contributed by atoms with Crippen LogP contribution in [0.2, 0.25) is 0 Å². The number of nitro benzene ring substituents is 1. The number of benzene rings is 1. The molecule has 0 spiro atoms. The smallest absolute Gasteiger partial charge is 0.274 e. The molecule has 2 amide bonds. The zero-order valence-corrected chi connectivity index (χ0v) is 8.69. The van der Waals surface area contributed by atoms with Gasteiger partial charge in [0, 0.05) is 13.0 Å². The standard InChI is InChI=1S/C9H8FN3O4/c1-5(14)11-12-9(15)6-3-2-4-7(8(6)10)13(16)17/h2-4H,1H3,(H,11,14)(H,12,15). The van der Waals surface area contributed by atoms with E-state index in [2.05, 4.69) is 0 Å². The number of rotatable bonds is 2. The normalized spacial score (nSPS) is 9.53. The zero-order valence-electron chi connectivity index (χ0n) is 8.69. The predicted molar refractivity (Wildman–Crippen MR) is 54.3 cm³/mol. The topological polar surface area (TPSA) is 101 Å². The molecule has 0 heterocycles. The molecule has 17 heavy (non-hydrogen) atoms. The molecule has 0 saturated heterocycles.